The number of imidazole rings is 1. The van der Waals surface area contributed by atoms with Crippen molar-refractivity contribution in [2.75, 3.05) is 18.4 Å². The molecule has 0 radical (unpaired) electrons. The average molecular weight is 351 g/mol. The molecule has 2 aliphatic rings. The summed E-state index contributed by atoms with van der Waals surface area (Å²) in [5.74, 6) is 0.779. The van der Waals surface area contributed by atoms with Gasteiger partial charge in [0.1, 0.15) is 0 Å². The molecule has 9 heteroatoms. The lowest BCUT2D eigenvalue weighted by Gasteiger charge is -2.43. The first-order valence-electron chi connectivity index (χ1n) is 8.82. The van der Waals surface area contributed by atoms with E-state index in [-0.39, 0.29) is 24.4 Å². The standard InChI is InChI=1S/C16H25N5O4/c1-3-20-10(2)17-16(21(24)25)15(20)18-12-6-13(7-12)19(9-14(22)23)8-11-4-5-11/h11-13,18H,3-9H2,1-2H3,(H,22,23). The molecule has 138 valence electrons. The van der Waals surface area contributed by atoms with Crippen LogP contribution in [0.3, 0.4) is 0 Å². The highest BCUT2D eigenvalue weighted by molar-refractivity contribution is 5.69. The van der Waals surface area contributed by atoms with Gasteiger partial charge in [0.25, 0.3) is 0 Å². The molecule has 3 rings (SSSR count). The second-order valence-electron chi connectivity index (χ2n) is 7.07. The molecule has 2 saturated carbocycles. The second kappa shape index (κ2) is 6.99. The highest BCUT2D eigenvalue weighted by Crippen LogP contribution is 2.36. The summed E-state index contributed by atoms with van der Waals surface area (Å²) >= 11 is 0. The van der Waals surface area contributed by atoms with E-state index in [4.69, 9.17) is 5.11 Å². The van der Waals surface area contributed by atoms with Crippen molar-refractivity contribution in [3.05, 3.63) is 15.9 Å². The minimum atomic E-state index is -0.799. The maximum atomic E-state index is 11.2. The molecule has 0 unspecified atom stereocenters. The van der Waals surface area contributed by atoms with Crippen LogP contribution in [0.25, 0.3) is 0 Å². The fourth-order valence-electron chi connectivity index (χ4n) is 3.55. The van der Waals surface area contributed by atoms with E-state index >= 15 is 0 Å². The molecule has 0 aliphatic heterocycles. The lowest BCUT2D eigenvalue weighted by atomic mass is 9.85. The number of nitro groups is 1. The van der Waals surface area contributed by atoms with E-state index in [9.17, 15) is 14.9 Å². The van der Waals surface area contributed by atoms with Crippen LogP contribution in [-0.4, -0.2) is 55.6 Å². The van der Waals surface area contributed by atoms with Crippen LogP contribution in [0.4, 0.5) is 11.6 Å². The zero-order valence-electron chi connectivity index (χ0n) is 14.6. The molecule has 1 heterocycles. The summed E-state index contributed by atoms with van der Waals surface area (Å²) in [6, 6.07) is 0.341. The van der Waals surface area contributed by atoms with Gasteiger partial charge in [-0.05, 0) is 48.4 Å². The molecular weight excluding hydrogens is 326 g/mol. The highest BCUT2D eigenvalue weighted by atomic mass is 16.6. The van der Waals surface area contributed by atoms with Crippen LogP contribution in [0.5, 0.6) is 0 Å². The Morgan fingerprint density at radius 3 is 2.68 bits per heavy atom. The van der Waals surface area contributed by atoms with Gasteiger partial charge in [0.2, 0.25) is 11.6 Å². The monoisotopic (exact) mass is 351 g/mol. The number of anilines is 1. The zero-order valence-corrected chi connectivity index (χ0v) is 14.6. The molecular formula is C16H25N5O4. The molecule has 0 atom stereocenters. The minimum Gasteiger partial charge on any atom is -0.480 e. The average Bonchev–Trinajstić information content (AvgIpc) is 3.23. The third kappa shape index (κ3) is 3.92. The fraction of sp³-hybridized carbons (Fsp3) is 0.750. The minimum absolute atomic E-state index is 0.0695. The van der Waals surface area contributed by atoms with Crippen molar-refractivity contribution in [3.63, 3.8) is 0 Å². The van der Waals surface area contributed by atoms with Crippen LogP contribution in [0.1, 0.15) is 38.4 Å². The van der Waals surface area contributed by atoms with Gasteiger partial charge in [0.05, 0.1) is 6.54 Å². The van der Waals surface area contributed by atoms with E-state index in [1.807, 2.05) is 11.5 Å². The normalized spacial score (nSPS) is 22.7. The van der Waals surface area contributed by atoms with E-state index < -0.39 is 10.9 Å². The van der Waals surface area contributed by atoms with Crippen LogP contribution >= 0.6 is 0 Å². The summed E-state index contributed by atoms with van der Waals surface area (Å²) in [4.78, 5) is 28.0. The Labute approximate surface area is 146 Å². The molecule has 0 bridgehead atoms. The van der Waals surface area contributed by atoms with Gasteiger partial charge in [0, 0.05) is 32.1 Å². The van der Waals surface area contributed by atoms with Crippen molar-refractivity contribution in [2.24, 2.45) is 5.92 Å². The Hall–Kier alpha value is -2.16. The van der Waals surface area contributed by atoms with Crippen LogP contribution in [0, 0.1) is 23.0 Å². The number of hydrogen-bond donors (Lipinski definition) is 2. The third-order valence-electron chi connectivity index (χ3n) is 5.13. The number of carboxylic acid groups (broad SMARTS) is 1. The van der Waals surface area contributed by atoms with E-state index in [0.717, 1.165) is 19.4 Å². The van der Waals surface area contributed by atoms with Crippen molar-refractivity contribution in [2.45, 2.75) is 58.2 Å². The van der Waals surface area contributed by atoms with Crippen LogP contribution in [0.2, 0.25) is 0 Å². The summed E-state index contributed by atoms with van der Waals surface area (Å²) in [6.45, 7) is 5.21. The summed E-state index contributed by atoms with van der Waals surface area (Å²) in [6.07, 6.45) is 3.97. The summed E-state index contributed by atoms with van der Waals surface area (Å²) < 4.78 is 1.81. The van der Waals surface area contributed by atoms with E-state index in [0.29, 0.717) is 24.1 Å². The Balaban J connectivity index is 1.63. The third-order valence-corrected chi connectivity index (χ3v) is 5.13. The molecule has 1 aromatic rings. The van der Waals surface area contributed by atoms with Crippen molar-refractivity contribution in [3.8, 4) is 0 Å². The summed E-state index contributed by atoms with van der Waals surface area (Å²) in [5.41, 5.74) is 0. The Kier molecular flexibility index (Phi) is 4.94. The Bertz CT molecular complexity index is 664. The van der Waals surface area contributed by atoms with E-state index in [1.165, 1.54) is 12.8 Å². The lowest BCUT2D eigenvalue weighted by Crippen LogP contribution is -2.52. The number of carbonyl (C=O) groups is 1. The highest BCUT2D eigenvalue weighted by Gasteiger charge is 2.38. The number of hydrogen-bond acceptors (Lipinski definition) is 6. The molecule has 2 N–H and O–H groups in total. The fourth-order valence-corrected chi connectivity index (χ4v) is 3.55. The van der Waals surface area contributed by atoms with Gasteiger partial charge in [-0.3, -0.25) is 14.3 Å². The molecule has 25 heavy (non-hydrogen) atoms. The molecule has 9 nitrogen and oxygen atoms in total. The predicted molar refractivity (Wildman–Crippen MR) is 91.7 cm³/mol. The number of aliphatic carboxylic acids is 1. The molecule has 0 aromatic carbocycles. The van der Waals surface area contributed by atoms with Gasteiger partial charge in [-0.15, -0.1) is 0 Å². The maximum Gasteiger partial charge on any atom is 0.406 e. The number of aryl methyl sites for hydroxylation is 1. The number of carboxylic acids is 1. The Morgan fingerprint density at radius 1 is 1.48 bits per heavy atom. The Morgan fingerprint density at radius 2 is 2.16 bits per heavy atom. The first kappa shape index (κ1) is 17.7. The second-order valence-corrected chi connectivity index (χ2v) is 7.07. The summed E-state index contributed by atoms with van der Waals surface area (Å²) in [7, 11) is 0. The van der Waals surface area contributed by atoms with Crippen LogP contribution in [-0.2, 0) is 11.3 Å². The molecule has 0 amide bonds. The smallest absolute Gasteiger partial charge is 0.406 e. The van der Waals surface area contributed by atoms with Gasteiger partial charge in [-0.1, -0.05) is 0 Å². The topological polar surface area (TPSA) is 114 Å². The number of nitrogens with one attached hydrogen (secondary N) is 1. The van der Waals surface area contributed by atoms with Crippen molar-refractivity contribution in [1.29, 1.82) is 0 Å². The van der Waals surface area contributed by atoms with Gasteiger partial charge >= 0.3 is 11.8 Å². The number of aromatic nitrogens is 2. The van der Waals surface area contributed by atoms with Gasteiger partial charge in [-0.2, -0.15) is 0 Å². The number of nitrogens with zero attached hydrogens (tertiary/aromatic N) is 4. The number of rotatable bonds is 9. The van der Waals surface area contributed by atoms with E-state index in [2.05, 4.69) is 15.2 Å². The van der Waals surface area contributed by atoms with Crippen molar-refractivity contribution in [1.82, 2.24) is 14.5 Å². The van der Waals surface area contributed by atoms with E-state index in [1.54, 1.807) is 6.92 Å². The first-order valence-corrected chi connectivity index (χ1v) is 8.82. The molecule has 2 aliphatic carbocycles. The van der Waals surface area contributed by atoms with Crippen LogP contribution < -0.4 is 5.32 Å². The predicted octanol–water partition coefficient (Wildman–Crippen LogP) is 1.86. The van der Waals surface area contributed by atoms with Crippen molar-refractivity contribution >= 4 is 17.6 Å². The quantitative estimate of drug-likeness (QED) is 0.515. The van der Waals surface area contributed by atoms with Crippen LogP contribution in [0.15, 0.2) is 0 Å². The molecule has 1 aromatic heterocycles. The first-order chi connectivity index (χ1) is 11.9. The van der Waals surface area contributed by atoms with Crippen molar-refractivity contribution < 1.29 is 14.8 Å². The summed E-state index contributed by atoms with van der Waals surface area (Å²) in [5, 5.41) is 23.6. The largest absolute Gasteiger partial charge is 0.480 e. The SMILES string of the molecule is CCn1c(C)nc([N+](=O)[O-])c1NC1CC(N(CC(=O)O)CC2CC2)C1. The molecule has 0 saturated heterocycles. The van der Waals surface area contributed by atoms with Gasteiger partial charge in [-0.25, -0.2) is 0 Å². The van der Waals surface area contributed by atoms with Gasteiger partial charge in [0.15, 0.2) is 0 Å². The maximum absolute atomic E-state index is 11.2. The molecule has 0 spiro atoms. The zero-order chi connectivity index (χ0) is 18.1. The van der Waals surface area contributed by atoms with Gasteiger partial charge < -0.3 is 20.5 Å². The molecule has 2 fully saturated rings. The lowest BCUT2D eigenvalue weighted by molar-refractivity contribution is -0.388.